The number of nitrogens with zero attached hydrogens (tertiary/aromatic N) is 1. The summed E-state index contributed by atoms with van der Waals surface area (Å²) in [5, 5.41) is 5.82. The minimum absolute atomic E-state index is 0.187. The lowest BCUT2D eigenvalue weighted by Crippen LogP contribution is -2.29. The summed E-state index contributed by atoms with van der Waals surface area (Å²) in [5.41, 5.74) is 2.68. The third-order valence-corrected chi connectivity index (χ3v) is 5.27. The lowest BCUT2D eigenvalue weighted by Gasteiger charge is -2.24. The molecular weight excluding hydrogens is 414 g/mol. The highest BCUT2D eigenvalue weighted by molar-refractivity contribution is 6.34. The monoisotopic (exact) mass is 439 g/mol. The SMILES string of the molecule is CCN(Cc1ccc(C(=O)Nc2ccc(NC(=O)c3ccco3)c(Cl)c2)cc1)C(C)C. The summed E-state index contributed by atoms with van der Waals surface area (Å²) < 4.78 is 5.07. The number of amides is 2. The summed E-state index contributed by atoms with van der Waals surface area (Å²) in [7, 11) is 0. The van der Waals surface area contributed by atoms with Crippen LogP contribution in [-0.2, 0) is 6.54 Å². The van der Waals surface area contributed by atoms with Gasteiger partial charge in [-0.15, -0.1) is 0 Å². The molecule has 0 radical (unpaired) electrons. The largest absolute Gasteiger partial charge is 0.459 e. The normalized spacial score (nSPS) is 11.0. The smallest absolute Gasteiger partial charge is 0.291 e. The number of furan rings is 1. The van der Waals surface area contributed by atoms with E-state index in [9.17, 15) is 9.59 Å². The molecule has 0 saturated heterocycles. The van der Waals surface area contributed by atoms with Gasteiger partial charge in [0.25, 0.3) is 11.8 Å². The van der Waals surface area contributed by atoms with Gasteiger partial charge < -0.3 is 15.1 Å². The molecule has 31 heavy (non-hydrogen) atoms. The maximum absolute atomic E-state index is 12.6. The second-order valence-corrected chi connectivity index (χ2v) is 7.84. The number of hydrogen-bond acceptors (Lipinski definition) is 4. The molecule has 0 fully saturated rings. The highest BCUT2D eigenvalue weighted by Crippen LogP contribution is 2.26. The van der Waals surface area contributed by atoms with E-state index in [1.807, 2.05) is 24.3 Å². The van der Waals surface area contributed by atoms with Crippen LogP contribution in [0.2, 0.25) is 5.02 Å². The Morgan fingerprint density at radius 3 is 2.35 bits per heavy atom. The van der Waals surface area contributed by atoms with E-state index >= 15 is 0 Å². The molecule has 162 valence electrons. The van der Waals surface area contributed by atoms with Crippen molar-refractivity contribution in [3.8, 4) is 0 Å². The van der Waals surface area contributed by atoms with E-state index in [2.05, 4.69) is 36.3 Å². The van der Waals surface area contributed by atoms with Crippen LogP contribution >= 0.6 is 11.6 Å². The first kappa shape index (κ1) is 22.6. The lowest BCUT2D eigenvalue weighted by molar-refractivity contribution is 0.0994. The van der Waals surface area contributed by atoms with E-state index in [1.54, 1.807) is 30.3 Å². The van der Waals surface area contributed by atoms with Crippen molar-refractivity contribution >= 4 is 34.8 Å². The highest BCUT2D eigenvalue weighted by atomic mass is 35.5. The van der Waals surface area contributed by atoms with E-state index in [0.717, 1.165) is 18.7 Å². The first-order valence-corrected chi connectivity index (χ1v) is 10.5. The number of anilines is 2. The van der Waals surface area contributed by atoms with Crippen LogP contribution in [0.1, 0.15) is 47.2 Å². The number of halogens is 1. The van der Waals surface area contributed by atoms with Gasteiger partial charge in [-0.3, -0.25) is 14.5 Å². The number of rotatable bonds is 8. The van der Waals surface area contributed by atoms with Crippen molar-refractivity contribution in [1.82, 2.24) is 4.90 Å². The van der Waals surface area contributed by atoms with Crippen LogP contribution in [0.3, 0.4) is 0 Å². The predicted molar refractivity (Wildman–Crippen MR) is 124 cm³/mol. The molecule has 0 aliphatic heterocycles. The molecule has 1 heterocycles. The first-order chi connectivity index (χ1) is 14.9. The zero-order valence-corrected chi connectivity index (χ0v) is 18.6. The van der Waals surface area contributed by atoms with Crippen molar-refractivity contribution in [2.45, 2.75) is 33.4 Å². The van der Waals surface area contributed by atoms with Crippen LogP contribution in [-0.4, -0.2) is 29.3 Å². The average Bonchev–Trinajstić information content (AvgIpc) is 3.29. The van der Waals surface area contributed by atoms with E-state index in [4.69, 9.17) is 16.0 Å². The van der Waals surface area contributed by atoms with Gasteiger partial charge in [0, 0.05) is 23.8 Å². The second-order valence-electron chi connectivity index (χ2n) is 7.43. The van der Waals surface area contributed by atoms with Crippen molar-refractivity contribution in [2.24, 2.45) is 0 Å². The molecule has 0 bridgehead atoms. The zero-order valence-electron chi connectivity index (χ0n) is 17.8. The molecule has 0 atom stereocenters. The fourth-order valence-electron chi connectivity index (χ4n) is 3.14. The Labute approximate surface area is 187 Å². The molecule has 2 amide bonds. The summed E-state index contributed by atoms with van der Waals surface area (Å²) >= 11 is 6.27. The fraction of sp³-hybridized carbons (Fsp3) is 0.250. The van der Waals surface area contributed by atoms with Crippen LogP contribution in [0, 0.1) is 0 Å². The van der Waals surface area contributed by atoms with E-state index in [1.165, 1.54) is 6.26 Å². The van der Waals surface area contributed by atoms with Crippen LogP contribution in [0.25, 0.3) is 0 Å². The number of carbonyl (C=O) groups excluding carboxylic acids is 2. The van der Waals surface area contributed by atoms with Gasteiger partial charge in [-0.25, -0.2) is 0 Å². The summed E-state index contributed by atoms with van der Waals surface area (Å²) in [6.07, 6.45) is 1.42. The van der Waals surface area contributed by atoms with Gasteiger partial charge in [-0.2, -0.15) is 0 Å². The molecule has 6 nitrogen and oxygen atoms in total. The van der Waals surface area contributed by atoms with Crippen LogP contribution in [0.15, 0.2) is 65.3 Å². The van der Waals surface area contributed by atoms with Crippen LogP contribution < -0.4 is 10.6 Å². The van der Waals surface area contributed by atoms with Gasteiger partial charge in [0.1, 0.15) is 0 Å². The molecule has 7 heteroatoms. The molecule has 2 N–H and O–H groups in total. The van der Waals surface area contributed by atoms with Crippen LogP contribution in [0.4, 0.5) is 11.4 Å². The van der Waals surface area contributed by atoms with Crippen LogP contribution in [0.5, 0.6) is 0 Å². The topological polar surface area (TPSA) is 74.6 Å². The number of benzene rings is 2. The Balaban J connectivity index is 1.62. The number of hydrogen-bond donors (Lipinski definition) is 2. The molecule has 2 aromatic carbocycles. The Morgan fingerprint density at radius 1 is 1.03 bits per heavy atom. The molecule has 3 rings (SSSR count). The van der Waals surface area contributed by atoms with Gasteiger partial charge in [0.05, 0.1) is 17.0 Å². The molecule has 1 aromatic heterocycles. The van der Waals surface area contributed by atoms with Crippen molar-refractivity contribution in [2.75, 3.05) is 17.2 Å². The summed E-state index contributed by atoms with van der Waals surface area (Å²) in [6, 6.07) is 16.1. The Morgan fingerprint density at radius 2 is 1.77 bits per heavy atom. The Kier molecular flexibility index (Phi) is 7.50. The molecule has 0 spiro atoms. The van der Waals surface area contributed by atoms with Crippen molar-refractivity contribution in [3.63, 3.8) is 0 Å². The van der Waals surface area contributed by atoms with Gasteiger partial charge >= 0.3 is 0 Å². The van der Waals surface area contributed by atoms with Crippen molar-refractivity contribution < 1.29 is 14.0 Å². The number of carbonyl (C=O) groups is 2. The standard InChI is InChI=1S/C24H26ClN3O3/c1-4-28(16(2)3)15-17-7-9-18(10-8-17)23(29)26-19-11-12-21(20(25)14-19)27-24(30)22-6-5-13-31-22/h5-14,16H,4,15H2,1-3H3,(H,26,29)(H,27,30). The number of nitrogens with one attached hydrogen (secondary N) is 2. The second kappa shape index (κ2) is 10.3. The van der Waals surface area contributed by atoms with E-state index in [0.29, 0.717) is 28.0 Å². The highest BCUT2D eigenvalue weighted by Gasteiger charge is 2.13. The third kappa shape index (κ3) is 5.96. The van der Waals surface area contributed by atoms with Gasteiger partial charge in [-0.05, 0) is 68.4 Å². The molecule has 0 aliphatic carbocycles. The maximum atomic E-state index is 12.6. The fourth-order valence-corrected chi connectivity index (χ4v) is 3.37. The van der Waals surface area contributed by atoms with Gasteiger partial charge in [-0.1, -0.05) is 30.7 Å². The average molecular weight is 440 g/mol. The van der Waals surface area contributed by atoms with Gasteiger partial charge in [0.15, 0.2) is 5.76 Å². The quantitative estimate of drug-likeness (QED) is 0.474. The molecule has 0 aliphatic rings. The van der Waals surface area contributed by atoms with Gasteiger partial charge in [0.2, 0.25) is 0 Å². The summed E-state index contributed by atoms with van der Waals surface area (Å²) in [5.74, 6) is -0.443. The van der Waals surface area contributed by atoms with E-state index in [-0.39, 0.29) is 11.7 Å². The Bertz CT molecular complexity index is 1030. The predicted octanol–water partition coefficient (Wildman–Crippen LogP) is 5.67. The lowest BCUT2D eigenvalue weighted by atomic mass is 10.1. The third-order valence-electron chi connectivity index (χ3n) is 4.96. The van der Waals surface area contributed by atoms with E-state index < -0.39 is 5.91 Å². The molecule has 0 unspecified atom stereocenters. The zero-order chi connectivity index (χ0) is 22.4. The first-order valence-electron chi connectivity index (χ1n) is 10.2. The maximum Gasteiger partial charge on any atom is 0.291 e. The summed E-state index contributed by atoms with van der Waals surface area (Å²) in [6.45, 7) is 8.30. The molecule has 3 aromatic rings. The molecule has 0 saturated carbocycles. The molecular formula is C24H26ClN3O3. The minimum atomic E-state index is -0.400. The Hall–Kier alpha value is -3.09. The minimum Gasteiger partial charge on any atom is -0.459 e. The van der Waals surface area contributed by atoms with Crippen molar-refractivity contribution in [1.29, 1.82) is 0 Å². The van der Waals surface area contributed by atoms with Crippen molar-refractivity contribution in [3.05, 3.63) is 82.8 Å². The summed E-state index contributed by atoms with van der Waals surface area (Å²) in [4.78, 5) is 27.0.